The van der Waals surface area contributed by atoms with Crippen LogP contribution in [-0.4, -0.2) is 64.0 Å². The molecule has 0 radical (unpaired) electrons. The topological polar surface area (TPSA) is 57.2 Å². The highest BCUT2D eigenvalue weighted by molar-refractivity contribution is 5.80. The zero-order valence-electron chi connectivity index (χ0n) is 23.5. The highest BCUT2D eigenvalue weighted by Crippen LogP contribution is 2.32. The first-order valence-corrected chi connectivity index (χ1v) is 13.4. The highest BCUT2D eigenvalue weighted by atomic mass is 19.4. The number of methoxy groups -OCH3 is 1. The molecule has 0 bridgehead atoms. The Morgan fingerprint density at radius 3 is 2.26 bits per heavy atom. The lowest BCUT2D eigenvalue weighted by Crippen LogP contribution is -2.36. The maximum absolute atomic E-state index is 13.2. The number of benzene rings is 3. The van der Waals surface area contributed by atoms with Crippen molar-refractivity contribution in [3.8, 4) is 23.3 Å². The van der Waals surface area contributed by atoms with Crippen molar-refractivity contribution in [2.75, 3.05) is 53.2 Å². The number of hydrogen-bond donors (Lipinski definition) is 0. The molecular formula is C33H32F3NO5. The zero-order valence-corrected chi connectivity index (χ0v) is 23.5. The number of alkyl halides is 3. The minimum atomic E-state index is -4.42. The van der Waals surface area contributed by atoms with E-state index >= 15 is 0 Å². The standard InChI is InChI=1S/C33H32F3NO5/c1-24-22-29(13-14-31(24)42-23-32(38)39-2)41-19-15-30(27-9-11-28(12-10-27)33(34,35)36)26-7-5-25(6-8-26)4-3-16-37-17-20-40-21-18-37/h5-15,22H,16-21,23H2,1-2H3/b30-15-. The Labute approximate surface area is 243 Å². The molecule has 3 aromatic carbocycles. The number of morpholine rings is 1. The van der Waals surface area contributed by atoms with Gasteiger partial charge >= 0.3 is 12.1 Å². The van der Waals surface area contributed by atoms with E-state index in [0.29, 0.717) is 23.6 Å². The zero-order chi connectivity index (χ0) is 30.0. The summed E-state index contributed by atoms with van der Waals surface area (Å²) in [4.78, 5) is 13.6. The first-order chi connectivity index (χ1) is 20.2. The van der Waals surface area contributed by atoms with Crippen LogP contribution in [0.1, 0.15) is 27.8 Å². The smallest absolute Gasteiger partial charge is 0.416 e. The monoisotopic (exact) mass is 579 g/mol. The minimum absolute atomic E-state index is 0.166. The molecule has 6 nitrogen and oxygen atoms in total. The Hall–Kier alpha value is -4.26. The summed E-state index contributed by atoms with van der Waals surface area (Å²) in [5, 5.41) is 0. The predicted molar refractivity (Wildman–Crippen MR) is 153 cm³/mol. The molecule has 1 fully saturated rings. The number of rotatable bonds is 9. The molecule has 220 valence electrons. The van der Waals surface area contributed by atoms with E-state index in [0.717, 1.165) is 60.7 Å². The van der Waals surface area contributed by atoms with Gasteiger partial charge in [-0.1, -0.05) is 36.1 Å². The molecule has 0 saturated carbocycles. The molecule has 1 saturated heterocycles. The van der Waals surface area contributed by atoms with Gasteiger partial charge in [0.1, 0.15) is 18.1 Å². The number of nitrogens with zero attached hydrogens (tertiary/aromatic N) is 1. The van der Waals surface area contributed by atoms with Crippen LogP contribution in [0.2, 0.25) is 0 Å². The molecule has 1 aliphatic rings. The third kappa shape index (κ3) is 8.87. The van der Waals surface area contributed by atoms with Gasteiger partial charge in [0.15, 0.2) is 6.61 Å². The van der Waals surface area contributed by atoms with E-state index < -0.39 is 17.7 Å². The van der Waals surface area contributed by atoms with Crippen LogP contribution in [-0.2, 0) is 20.4 Å². The second-order valence-corrected chi connectivity index (χ2v) is 9.56. The van der Waals surface area contributed by atoms with E-state index in [2.05, 4.69) is 21.5 Å². The van der Waals surface area contributed by atoms with Crippen LogP contribution in [0.25, 0.3) is 5.57 Å². The molecule has 0 N–H and O–H groups in total. The van der Waals surface area contributed by atoms with Crippen LogP contribution >= 0.6 is 0 Å². The quantitative estimate of drug-likeness (QED) is 0.237. The van der Waals surface area contributed by atoms with Gasteiger partial charge in [-0.2, -0.15) is 13.2 Å². The molecule has 0 aromatic heterocycles. The van der Waals surface area contributed by atoms with Crippen LogP contribution in [0.3, 0.4) is 0 Å². The third-order valence-corrected chi connectivity index (χ3v) is 6.62. The summed E-state index contributed by atoms with van der Waals surface area (Å²) in [5.41, 5.74) is 3.08. The average molecular weight is 580 g/mol. The van der Waals surface area contributed by atoms with Crippen molar-refractivity contribution < 1.29 is 36.9 Å². The van der Waals surface area contributed by atoms with Gasteiger partial charge in [-0.05, 0) is 77.7 Å². The lowest BCUT2D eigenvalue weighted by atomic mass is 9.96. The fourth-order valence-electron chi connectivity index (χ4n) is 4.28. The SMILES string of the molecule is COC(=O)COc1ccc(OC/C=C(/c2ccc(C#CCN3CCOCC3)cc2)c2ccc(C(F)(F)F)cc2)cc1C. The van der Waals surface area contributed by atoms with Gasteiger partial charge < -0.3 is 18.9 Å². The Balaban J connectivity index is 1.50. The molecule has 0 unspecified atom stereocenters. The maximum atomic E-state index is 13.2. The summed E-state index contributed by atoms with van der Waals surface area (Å²) >= 11 is 0. The Morgan fingerprint density at radius 2 is 1.64 bits per heavy atom. The van der Waals surface area contributed by atoms with E-state index in [-0.39, 0.29) is 13.2 Å². The minimum Gasteiger partial charge on any atom is -0.489 e. The first-order valence-electron chi connectivity index (χ1n) is 13.4. The van der Waals surface area contributed by atoms with Gasteiger partial charge in [-0.3, -0.25) is 4.90 Å². The maximum Gasteiger partial charge on any atom is 0.416 e. The fourth-order valence-corrected chi connectivity index (χ4v) is 4.28. The normalized spacial score (nSPS) is 14.1. The van der Waals surface area contributed by atoms with Crippen molar-refractivity contribution in [2.45, 2.75) is 13.1 Å². The molecule has 4 rings (SSSR count). The molecule has 9 heteroatoms. The van der Waals surface area contributed by atoms with E-state index in [4.69, 9.17) is 14.2 Å². The van der Waals surface area contributed by atoms with Crippen LogP contribution in [0, 0.1) is 18.8 Å². The second-order valence-electron chi connectivity index (χ2n) is 9.56. The first kappa shape index (κ1) is 30.7. The number of esters is 1. The van der Waals surface area contributed by atoms with Gasteiger partial charge in [0, 0.05) is 18.7 Å². The van der Waals surface area contributed by atoms with E-state index in [1.807, 2.05) is 37.3 Å². The molecule has 0 atom stereocenters. The van der Waals surface area contributed by atoms with Crippen LogP contribution in [0.15, 0.2) is 72.8 Å². The van der Waals surface area contributed by atoms with Gasteiger partial charge in [-0.25, -0.2) is 4.79 Å². The van der Waals surface area contributed by atoms with Gasteiger partial charge in [-0.15, -0.1) is 0 Å². The number of carbonyl (C=O) groups excluding carboxylic acids is 1. The number of carbonyl (C=O) groups is 1. The van der Waals surface area contributed by atoms with Crippen molar-refractivity contribution in [1.82, 2.24) is 4.90 Å². The Kier molecular flexibility index (Phi) is 10.7. The number of halogens is 3. The van der Waals surface area contributed by atoms with Crippen molar-refractivity contribution in [3.05, 3.63) is 101 Å². The van der Waals surface area contributed by atoms with Crippen molar-refractivity contribution >= 4 is 11.5 Å². The summed E-state index contributed by atoms with van der Waals surface area (Å²) in [6.07, 6.45) is -2.59. The van der Waals surface area contributed by atoms with Crippen molar-refractivity contribution in [1.29, 1.82) is 0 Å². The van der Waals surface area contributed by atoms with Crippen LogP contribution < -0.4 is 9.47 Å². The Morgan fingerprint density at radius 1 is 0.976 bits per heavy atom. The largest absolute Gasteiger partial charge is 0.489 e. The summed E-state index contributed by atoms with van der Waals surface area (Å²) in [7, 11) is 1.29. The predicted octanol–water partition coefficient (Wildman–Crippen LogP) is 5.76. The van der Waals surface area contributed by atoms with Gasteiger partial charge in [0.05, 0.1) is 32.4 Å². The van der Waals surface area contributed by atoms with Crippen molar-refractivity contribution in [3.63, 3.8) is 0 Å². The highest BCUT2D eigenvalue weighted by Gasteiger charge is 2.30. The summed E-state index contributed by atoms with van der Waals surface area (Å²) in [6, 6.07) is 17.9. The van der Waals surface area contributed by atoms with E-state index in [1.165, 1.54) is 19.2 Å². The van der Waals surface area contributed by atoms with E-state index in [9.17, 15) is 18.0 Å². The van der Waals surface area contributed by atoms with Gasteiger partial charge in [0.25, 0.3) is 0 Å². The summed E-state index contributed by atoms with van der Waals surface area (Å²) < 4.78 is 60.9. The van der Waals surface area contributed by atoms with Crippen LogP contribution in [0.5, 0.6) is 11.5 Å². The molecule has 0 spiro atoms. The van der Waals surface area contributed by atoms with Crippen molar-refractivity contribution in [2.24, 2.45) is 0 Å². The molecule has 1 aliphatic heterocycles. The lowest BCUT2D eigenvalue weighted by molar-refractivity contribution is -0.143. The number of hydrogen-bond acceptors (Lipinski definition) is 6. The average Bonchev–Trinajstić information content (AvgIpc) is 2.99. The van der Waals surface area contributed by atoms with E-state index in [1.54, 1.807) is 18.2 Å². The molecule has 0 aliphatic carbocycles. The summed E-state index contributed by atoms with van der Waals surface area (Å²) in [6.45, 7) is 5.62. The van der Waals surface area contributed by atoms with Crippen LogP contribution in [0.4, 0.5) is 13.2 Å². The molecule has 1 heterocycles. The molecule has 3 aromatic rings. The molecule has 0 amide bonds. The number of ether oxygens (including phenoxy) is 4. The van der Waals surface area contributed by atoms with Gasteiger partial charge in [0.2, 0.25) is 0 Å². The molecular weight excluding hydrogens is 547 g/mol. The summed E-state index contributed by atoms with van der Waals surface area (Å²) in [5.74, 6) is 7.00. The second kappa shape index (κ2) is 14.6. The fraction of sp³-hybridized carbons (Fsp3) is 0.303. The Bertz CT molecular complexity index is 1430. The lowest BCUT2D eigenvalue weighted by Gasteiger charge is -2.24. The number of aryl methyl sites for hydroxylation is 1. The molecule has 42 heavy (non-hydrogen) atoms. The third-order valence-electron chi connectivity index (χ3n) is 6.62.